The second-order valence-electron chi connectivity index (χ2n) is 5.38. The number of carbonyl (C=O) groups is 2. The Balaban J connectivity index is 1.87. The summed E-state index contributed by atoms with van der Waals surface area (Å²) < 4.78 is 5.33. The zero-order valence-electron chi connectivity index (χ0n) is 11.3. The summed E-state index contributed by atoms with van der Waals surface area (Å²) in [7, 11) is 1.91. The Kier molecular flexibility index (Phi) is 4.76. The van der Waals surface area contributed by atoms with Crippen LogP contribution in [-0.4, -0.2) is 60.8 Å². The molecule has 0 bridgehead atoms. The predicted octanol–water partition coefficient (Wildman–Crippen LogP) is 0.0766. The van der Waals surface area contributed by atoms with Crippen LogP contribution in [0.4, 0.5) is 0 Å². The standard InChI is InChI=1S/C13H22N2O4/c1-14-7-9-3-2-6-15(8-9)12(16)10-4-5-11(19-10)13(17)18/h9-11,14H,2-8H2,1H3,(H,17,18)/t9?,10-,11+/m0/s1. The summed E-state index contributed by atoms with van der Waals surface area (Å²) in [5.41, 5.74) is 0. The molecule has 0 spiro atoms. The summed E-state index contributed by atoms with van der Waals surface area (Å²) in [6.45, 7) is 2.42. The van der Waals surface area contributed by atoms with Crippen molar-refractivity contribution in [2.24, 2.45) is 5.92 Å². The van der Waals surface area contributed by atoms with Crippen LogP contribution in [-0.2, 0) is 14.3 Å². The Morgan fingerprint density at radius 2 is 2.05 bits per heavy atom. The zero-order valence-corrected chi connectivity index (χ0v) is 11.3. The third-order valence-corrected chi connectivity index (χ3v) is 3.89. The van der Waals surface area contributed by atoms with E-state index in [0.29, 0.717) is 18.8 Å². The Labute approximate surface area is 113 Å². The van der Waals surface area contributed by atoms with Gasteiger partial charge in [0.15, 0.2) is 6.10 Å². The van der Waals surface area contributed by atoms with Crippen molar-refractivity contribution in [3.8, 4) is 0 Å². The third-order valence-electron chi connectivity index (χ3n) is 3.89. The zero-order chi connectivity index (χ0) is 13.8. The van der Waals surface area contributed by atoms with Crippen LogP contribution in [0.3, 0.4) is 0 Å². The summed E-state index contributed by atoms with van der Waals surface area (Å²) in [5.74, 6) is -0.522. The number of nitrogens with one attached hydrogen (secondary N) is 1. The van der Waals surface area contributed by atoms with Crippen molar-refractivity contribution in [1.82, 2.24) is 10.2 Å². The van der Waals surface area contributed by atoms with Crippen LogP contribution in [0.25, 0.3) is 0 Å². The second kappa shape index (κ2) is 6.34. The third kappa shape index (κ3) is 3.45. The summed E-state index contributed by atoms with van der Waals surface area (Å²) in [5, 5.41) is 12.0. The summed E-state index contributed by atoms with van der Waals surface area (Å²) >= 11 is 0. The molecule has 6 heteroatoms. The minimum absolute atomic E-state index is 0.0375. The highest BCUT2D eigenvalue weighted by atomic mass is 16.5. The van der Waals surface area contributed by atoms with Crippen LogP contribution in [0.1, 0.15) is 25.7 Å². The van der Waals surface area contributed by atoms with Gasteiger partial charge in [-0.25, -0.2) is 4.79 Å². The van der Waals surface area contributed by atoms with Crippen LogP contribution < -0.4 is 5.32 Å². The molecule has 2 fully saturated rings. The molecule has 0 radical (unpaired) electrons. The van der Waals surface area contributed by atoms with E-state index < -0.39 is 18.2 Å². The number of piperidine rings is 1. The molecule has 2 rings (SSSR count). The van der Waals surface area contributed by atoms with E-state index in [9.17, 15) is 9.59 Å². The first-order chi connectivity index (χ1) is 9.11. The van der Waals surface area contributed by atoms with Crippen LogP contribution in [0.15, 0.2) is 0 Å². The maximum absolute atomic E-state index is 12.3. The number of hydrogen-bond acceptors (Lipinski definition) is 4. The van der Waals surface area contributed by atoms with E-state index in [1.54, 1.807) is 0 Å². The fraction of sp³-hybridized carbons (Fsp3) is 0.846. The van der Waals surface area contributed by atoms with Crippen molar-refractivity contribution in [3.05, 3.63) is 0 Å². The summed E-state index contributed by atoms with van der Waals surface area (Å²) in [4.78, 5) is 25.0. The number of rotatable bonds is 4. The van der Waals surface area contributed by atoms with Crippen LogP contribution in [0, 0.1) is 5.92 Å². The van der Waals surface area contributed by atoms with Gasteiger partial charge in [-0.05, 0) is 45.2 Å². The molecule has 2 aliphatic heterocycles. The smallest absolute Gasteiger partial charge is 0.332 e. The minimum atomic E-state index is -0.970. The molecular weight excluding hydrogens is 248 g/mol. The first-order valence-corrected chi connectivity index (χ1v) is 6.93. The molecule has 2 heterocycles. The molecule has 108 valence electrons. The summed E-state index contributed by atoms with van der Waals surface area (Å²) in [6, 6.07) is 0. The lowest BCUT2D eigenvalue weighted by atomic mass is 9.97. The number of carbonyl (C=O) groups excluding carboxylic acids is 1. The van der Waals surface area contributed by atoms with Gasteiger partial charge in [-0.1, -0.05) is 0 Å². The summed E-state index contributed by atoms with van der Waals surface area (Å²) in [6.07, 6.45) is 1.71. The largest absolute Gasteiger partial charge is 0.479 e. The number of carboxylic acid groups (broad SMARTS) is 1. The highest BCUT2D eigenvalue weighted by Crippen LogP contribution is 2.24. The Morgan fingerprint density at radius 3 is 2.68 bits per heavy atom. The SMILES string of the molecule is CNCC1CCCN(C(=O)[C@@H]2CC[C@H](C(=O)O)O2)C1. The Morgan fingerprint density at radius 1 is 1.32 bits per heavy atom. The van der Waals surface area contributed by atoms with Crippen molar-refractivity contribution < 1.29 is 19.4 Å². The van der Waals surface area contributed by atoms with Gasteiger partial charge in [-0.15, -0.1) is 0 Å². The lowest BCUT2D eigenvalue weighted by Crippen LogP contribution is -2.46. The number of ether oxygens (including phenoxy) is 1. The Hall–Kier alpha value is -1.14. The number of nitrogens with zero attached hydrogens (tertiary/aromatic N) is 1. The highest BCUT2D eigenvalue weighted by Gasteiger charge is 2.37. The average Bonchev–Trinajstić information content (AvgIpc) is 2.88. The van der Waals surface area contributed by atoms with Crippen LogP contribution in [0.2, 0.25) is 0 Å². The quantitative estimate of drug-likeness (QED) is 0.756. The number of amides is 1. The molecule has 2 aliphatic rings. The predicted molar refractivity (Wildman–Crippen MR) is 68.8 cm³/mol. The number of likely N-dealkylation sites (tertiary alicyclic amines) is 1. The Bertz CT molecular complexity index is 346. The van der Waals surface area contributed by atoms with Gasteiger partial charge >= 0.3 is 5.97 Å². The fourth-order valence-electron chi connectivity index (χ4n) is 2.92. The molecule has 19 heavy (non-hydrogen) atoms. The lowest BCUT2D eigenvalue weighted by molar-refractivity contribution is -0.155. The average molecular weight is 270 g/mol. The molecule has 3 atom stereocenters. The van der Waals surface area contributed by atoms with Crippen LogP contribution in [0.5, 0.6) is 0 Å². The molecule has 1 unspecified atom stereocenters. The van der Waals surface area contributed by atoms with Gasteiger partial charge in [0.2, 0.25) is 0 Å². The lowest BCUT2D eigenvalue weighted by Gasteiger charge is -2.34. The first kappa shape index (κ1) is 14.3. The van der Waals surface area contributed by atoms with Gasteiger partial charge in [0.05, 0.1) is 0 Å². The monoisotopic (exact) mass is 270 g/mol. The number of carboxylic acids is 1. The van der Waals surface area contributed by atoms with Crippen LogP contribution >= 0.6 is 0 Å². The van der Waals surface area contributed by atoms with E-state index in [4.69, 9.17) is 9.84 Å². The maximum atomic E-state index is 12.3. The molecule has 2 saturated heterocycles. The van der Waals surface area contributed by atoms with Gasteiger partial charge in [-0.2, -0.15) is 0 Å². The van der Waals surface area contributed by atoms with Crippen molar-refractivity contribution in [2.45, 2.75) is 37.9 Å². The molecule has 0 aliphatic carbocycles. The molecule has 1 amide bonds. The van der Waals surface area contributed by atoms with E-state index in [1.807, 2.05) is 11.9 Å². The molecule has 2 N–H and O–H groups in total. The van der Waals surface area contributed by atoms with E-state index in [0.717, 1.165) is 32.5 Å². The molecule has 6 nitrogen and oxygen atoms in total. The second-order valence-corrected chi connectivity index (χ2v) is 5.38. The van der Waals surface area contributed by atoms with Crippen molar-refractivity contribution >= 4 is 11.9 Å². The van der Waals surface area contributed by atoms with Gasteiger partial charge < -0.3 is 20.1 Å². The topological polar surface area (TPSA) is 78.9 Å². The number of hydrogen-bond donors (Lipinski definition) is 2. The van der Waals surface area contributed by atoms with E-state index in [1.165, 1.54) is 0 Å². The van der Waals surface area contributed by atoms with Gasteiger partial charge in [0.25, 0.3) is 5.91 Å². The maximum Gasteiger partial charge on any atom is 0.332 e. The van der Waals surface area contributed by atoms with Crippen molar-refractivity contribution in [3.63, 3.8) is 0 Å². The van der Waals surface area contributed by atoms with Gasteiger partial charge in [0, 0.05) is 13.1 Å². The molecule has 0 saturated carbocycles. The molecule has 0 aromatic carbocycles. The van der Waals surface area contributed by atoms with Crippen molar-refractivity contribution in [1.29, 1.82) is 0 Å². The molecule has 0 aromatic heterocycles. The van der Waals surface area contributed by atoms with E-state index in [2.05, 4.69) is 5.32 Å². The minimum Gasteiger partial charge on any atom is -0.479 e. The van der Waals surface area contributed by atoms with Gasteiger partial charge in [0.1, 0.15) is 6.10 Å². The highest BCUT2D eigenvalue weighted by molar-refractivity contribution is 5.82. The first-order valence-electron chi connectivity index (χ1n) is 6.93. The number of aliphatic carboxylic acids is 1. The van der Waals surface area contributed by atoms with Crippen molar-refractivity contribution in [2.75, 3.05) is 26.7 Å². The normalized spacial score (nSPS) is 31.4. The van der Waals surface area contributed by atoms with Gasteiger partial charge in [-0.3, -0.25) is 4.79 Å². The van der Waals surface area contributed by atoms with E-state index >= 15 is 0 Å². The van der Waals surface area contributed by atoms with E-state index in [-0.39, 0.29) is 5.91 Å². The molecule has 0 aromatic rings. The fourth-order valence-corrected chi connectivity index (χ4v) is 2.92. The molecular formula is C13H22N2O4.